The van der Waals surface area contributed by atoms with E-state index in [-0.39, 0.29) is 12.8 Å². The molecule has 0 unspecified atom stereocenters. The zero-order valence-corrected chi connectivity index (χ0v) is 23.9. The largest absolute Gasteiger partial charge is 0.466 e. The van der Waals surface area contributed by atoms with Gasteiger partial charge in [0, 0.05) is 19.6 Å². The Kier molecular flexibility index (Phi) is 8.92. The molecule has 2 aliphatic heterocycles. The second kappa shape index (κ2) is 10.7. The van der Waals surface area contributed by atoms with E-state index in [1.165, 1.54) is 20.3 Å². The Morgan fingerprint density at radius 3 is 2.05 bits per heavy atom. The Morgan fingerprint density at radius 2 is 1.57 bits per heavy atom. The molecule has 2 saturated heterocycles. The van der Waals surface area contributed by atoms with Crippen LogP contribution in [-0.4, -0.2) is 68.3 Å². The molecule has 0 N–H and O–H groups in total. The molecule has 0 radical (unpaired) electrons. The molecule has 0 bridgehead atoms. The molecule has 10 heteroatoms. The van der Waals surface area contributed by atoms with Crippen LogP contribution in [0.15, 0.2) is 11.6 Å². The number of fused-ring (bicyclic) bond motifs is 1. The van der Waals surface area contributed by atoms with Crippen molar-refractivity contribution in [3.05, 3.63) is 11.6 Å². The lowest BCUT2D eigenvalue weighted by molar-refractivity contribution is -0.311. The summed E-state index contributed by atoms with van der Waals surface area (Å²) in [5.74, 6) is -3.63. The second-order valence-corrected chi connectivity index (χ2v) is 12.3. The first-order chi connectivity index (χ1) is 16.8. The van der Waals surface area contributed by atoms with Crippen LogP contribution in [0.4, 0.5) is 0 Å². The molecule has 210 valence electrons. The van der Waals surface area contributed by atoms with Crippen LogP contribution in [0.1, 0.15) is 75.2 Å². The monoisotopic (exact) mass is 526 g/mol. The Bertz CT molecular complexity index is 936. The number of rotatable bonds is 7. The maximum Gasteiger partial charge on any atom is 0.330 e. The van der Waals surface area contributed by atoms with Gasteiger partial charge in [0.1, 0.15) is 17.6 Å². The fraction of sp³-hybridized carbons (Fsp3) is 0.778. The predicted molar refractivity (Wildman–Crippen MR) is 132 cm³/mol. The van der Waals surface area contributed by atoms with Gasteiger partial charge in [0.15, 0.2) is 6.10 Å². The van der Waals surface area contributed by atoms with E-state index >= 15 is 0 Å². The van der Waals surface area contributed by atoms with E-state index in [1.54, 1.807) is 62.3 Å². The van der Waals surface area contributed by atoms with E-state index in [0.29, 0.717) is 5.57 Å². The minimum atomic E-state index is -1.54. The van der Waals surface area contributed by atoms with Crippen LogP contribution in [0.3, 0.4) is 0 Å². The van der Waals surface area contributed by atoms with Crippen LogP contribution in [0.25, 0.3) is 0 Å². The van der Waals surface area contributed by atoms with Gasteiger partial charge in [-0.2, -0.15) is 0 Å². The molecule has 0 amide bonds. The molecular weight excluding hydrogens is 484 g/mol. The van der Waals surface area contributed by atoms with Gasteiger partial charge in [-0.05, 0) is 74.3 Å². The molecule has 0 aromatic carbocycles. The predicted octanol–water partition coefficient (Wildman–Crippen LogP) is 3.49. The summed E-state index contributed by atoms with van der Waals surface area (Å²) >= 11 is 0. The topological polar surface area (TPSA) is 124 Å². The standard InChI is InChI=1S/C27H42O10/c1-15(34-21(29)24(2,3)4)18(35-22(30)25(5,6)7)14-17-12-16(13-19(28)32-10)20-27(33-11,37-17)26(8,9)23(31)36-20/h13,15,17-18,20H,12,14H2,1-11H3/b16-13+/t15-,17+,18-,20+,27-/m1/s1. The van der Waals surface area contributed by atoms with Crippen molar-refractivity contribution in [1.29, 1.82) is 0 Å². The highest BCUT2D eigenvalue weighted by Gasteiger charge is 2.68. The smallest absolute Gasteiger partial charge is 0.330 e. The third-order valence-corrected chi connectivity index (χ3v) is 6.70. The van der Waals surface area contributed by atoms with Crippen LogP contribution >= 0.6 is 0 Å². The SMILES string of the molecule is COC(=O)/C=C1\C[C@@H](C[C@@H](OC(=O)C(C)(C)C)[C@@H](C)OC(=O)C(C)(C)C)O[C@]2(OC)[C@H]1OC(=O)C2(C)C. The van der Waals surface area contributed by atoms with Gasteiger partial charge in [0.25, 0.3) is 0 Å². The highest BCUT2D eigenvalue weighted by Crippen LogP contribution is 2.53. The molecular formula is C27H42O10. The number of carbonyl (C=O) groups is 4. The summed E-state index contributed by atoms with van der Waals surface area (Å²) in [6.45, 7) is 15.3. The number of methoxy groups -OCH3 is 2. The Morgan fingerprint density at radius 1 is 1.03 bits per heavy atom. The summed E-state index contributed by atoms with van der Waals surface area (Å²) in [4.78, 5) is 50.4. The van der Waals surface area contributed by atoms with Gasteiger partial charge in [-0.25, -0.2) is 4.79 Å². The fourth-order valence-electron chi connectivity index (χ4n) is 4.21. The van der Waals surface area contributed by atoms with Gasteiger partial charge in [0.2, 0.25) is 5.79 Å². The molecule has 0 saturated carbocycles. The van der Waals surface area contributed by atoms with Gasteiger partial charge >= 0.3 is 23.9 Å². The maximum absolute atomic E-state index is 12.8. The molecule has 0 spiro atoms. The van der Waals surface area contributed by atoms with Crippen molar-refractivity contribution in [2.45, 2.75) is 105 Å². The molecule has 2 rings (SSSR count). The summed E-state index contributed by atoms with van der Waals surface area (Å²) in [5.41, 5.74) is -2.34. The highest BCUT2D eigenvalue weighted by molar-refractivity contribution is 5.85. The van der Waals surface area contributed by atoms with E-state index in [4.69, 9.17) is 28.4 Å². The summed E-state index contributed by atoms with van der Waals surface area (Å²) < 4.78 is 34.1. The van der Waals surface area contributed by atoms with Gasteiger partial charge in [-0.1, -0.05) is 0 Å². The first-order valence-corrected chi connectivity index (χ1v) is 12.4. The molecule has 0 aromatic rings. The average molecular weight is 527 g/mol. The van der Waals surface area contributed by atoms with Crippen molar-refractivity contribution in [1.82, 2.24) is 0 Å². The van der Waals surface area contributed by atoms with E-state index in [9.17, 15) is 19.2 Å². The van der Waals surface area contributed by atoms with E-state index < -0.39 is 70.3 Å². The normalized spacial score (nSPS) is 28.1. The van der Waals surface area contributed by atoms with E-state index in [0.717, 1.165) is 0 Å². The van der Waals surface area contributed by atoms with Crippen molar-refractivity contribution >= 4 is 23.9 Å². The van der Waals surface area contributed by atoms with Crippen molar-refractivity contribution in [3.63, 3.8) is 0 Å². The summed E-state index contributed by atoms with van der Waals surface area (Å²) in [6, 6.07) is 0. The van der Waals surface area contributed by atoms with Crippen LogP contribution in [0.2, 0.25) is 0 Å². The number of esters is 4. The summed E-state index contributed by atoms with van der Waals surface area (Å²) in [6.07, 6.45) is -1.81. The van der Waals surface area contributed by atoms with Crippen LogP contribution in [0, 0.1) is 16.2 Å². The van der Waals surface area contributed by atoms with Crippen molar-refractivity contribution in [2.75, 3.05) is 14.2 Å². The van der Waals surface area contributed by atoms with Crippen LogP contribution < -0.4 is 0 Å². The number of carbonyl (C=O) groups excluding carboxylic acids is 4. The zero-order chi connectivity index (χ0) is 28.6. The molecule has 0 aliphatic carbocycles. The Hall–Kier alpha value is -2.46. The molecule has 2 aliphatic rings. The highest BCUT2D eigenvalue weighted by atomic mass is 16.7. The minimum Gasteiger partial charge on any atom is -0.466 e. The minimum absolute atomic E-state index is 0.0982. The van der Waals surface area contributed by atoms with Gasteiger partial charge < -0.3 is 28.4 Å². The lowest BCUT2D eigenvalue weighted by Gasteiger charge is -2.46. The number of ether oxygens (including phenoxy) is 6. The molecule has 5 atom stereocenters. The lowest BCUT2D eigenvalue weighted by Crippen LogP contribution is -2.59. The zero-order valence-electron chi connectivity index (χ0n) is 23.9. The van der Waals surface area contributed by atoms with E-state index in [1.807, 2.05) is 0 Å². The molecule has 10 nitrogen and oxygen atoms in total. The second-order valence-electron chi connectivity index (χ2n) is 12.3. The molecule has 2 fully saturated rings. The summed E-state index contributed by atoms with van der Waals surface area (Å²) in [7, 11) is 2.65. The third kappa shape index (κ3) is 6.34. The third-order valence-electron chi connectivity index (χ3n) is 6.70. The molecule has 0 aromatic heterocycles. The molecule has 37 heavy (non-hydrogen) atoms. The van der Waals surface area contributed by atoms with Gasteiger partial charge in [-0.15, -0.1) is 0 Å². The Labute approximate surface area is 219 Å². The summed E-state index contributed by atoms with van der Waals surface area (Å²) in [5, 5.41) is 0. The van der Waals surface area contributed by atoms with Crippen molar-refractivity contribution < 1.29 is 47.6 Å². The van der Waals surface area contributed by atoms with Crippen molar-refractivity contribution in [3.8, 4) is 0 Å². The first kappa shape index (κ1) is 30.8. The first-order valence-electron chi connectivity index (χ1n) is 12.4. The van der Waals surface area contributed by atoms with Gasteiger partial charge in [0.05, 0.1) is 24.0 Å². The van der Waals surface area contributed by atoms with E-state index in [2.05, 4.69) is 0 Å². The Balaban J connectivity index is 2.46. The average Bonchev–Trinajstić information content (AvgIpc) is 2.97. The number of hydrogen-bond donors (Lipinski definition) is 0. The molecule has 2 heterocycles. The van der Waals surface area contributed by atoms with Gasteiger partial charge in [-0.3, -0.25) is 14.4 Å². The van der Waals surface area contributed by atoms with Crippen LogP contribution in [0.5, 0.6) is 0 Å². The lowest BCUT2D eigenvalue weighted by atomic mass is 9.77. The number of hydrogen-bond acceptors (Lipinski definition) is 10. The van der Waals surface area contributed by atoms with Crippen molar-refractivity contribution in [2.24, 2.45) is 16.2 Å². The maximum atomic E-state index is 12.8. The van der Waals surface area contributed by atoms with Crippen LogP contribution in [-0.2, 0) is 47.6 Å². The fourth-order valence-corrected chi connectivity index (χ4v) is 4.21. The quantitative estimate of drug-likeness (QED) is 0.277.